The van der Waals surface area contributed by atoms with Crippen LogP contribution in [-0.2, 0) is 4.79 Å². The number of benzene rings is 2. The topological polar surface area (TPSA) is 99.5 Å². The lowest BCUT2D eigenvalue weighted by atomic mass is 9.96. The van der Waals surface area contributed by atoms with Gasteiger partial charge in [0.15, 0.2) is 5.11 Å². The third kappa shape index (κ3) is 5.71. The lowest BCUT2D eigenvalue weighted by Gasteiger charge is -2.28. The van der Waals surface area contributed by atoms with Crippen LogP contribution in [0.4, 0.5) is 5.69 Å². The molecule has 3 heterocycles. The van der Waals surface area contributed by atoms with Gasteiger partial charge in [0, 0.05) is 41.9 Å². The van der Waals surface area contributed by atoms with Gasteiger partial charge in [-0.05, 0) is 99.1 Å². The first-order chi connectivity index (χ1) is 19.6. The number of aryl methyl sites for hydroxylation is 3. The molecular formula is C32H33N5O3S. The Labute approximate surface area is 245 Å². The summed E-state index contributed by atoms with van der Waals surface area (Å²) in [5.74, 6) is -1.06. The molecule has 1 aliphatic heterocycles. The maximum absolute atomic E-state index is 13.1. The van der Waals surface area contributed by atoms with Gasteiger partial charge in [-0.1, -0.05) is 24.3 Å². The second-order valence-corrected chi connectivity index (χ2v) is 10.8. The van der Waals surface area contributed by atoms with Crippen molar-refractivity contribution in [3.63, 3.8) is 0 Å². The van der Waals surface area contributed by atoms with Crippen molar-refractivity contribution in [1.29, 1.82) is 0 Å². The maximum Gasteiger partial charge on any atom is 0.335 e. The van der Waals surface area contributed by atoms with E-state index in [1.165, 1.54) is 0 Å². The molecule has 1 aliphatic rings. The summed E-state index contributed by atoms with van der Waals surface area (Å²) < 4.78 is 2.06. The molecule has 4 aromatic rings. The van der Waals surface area contributed by atoms with E-state index in [0.29, 0.717) is 11.7 Å². The van der Waals surface area contributed by atoms with Crippen molar-refractivity contribution in [2.24, 2.45) is 0 Å². The summed E-state index contributed by atoms with van der Waals surface area (Å²) in [5.41, 5.74) is 7.70. The summed E-state index contributed by atoms with van der Waals surface area (Å²) in [4.78, 5) is 31.4. The van der Waals surface area contributed by atoms with Gasteiger partial charge in [-0.25, -0.2) is 4.79 Å². The number of nitrogens with one attached hydrogen (secondary N) is 2. The molecule has 1 saturated heterocycles. The minimum Gasteiger partial charge on any atom is -0.478 e. The first-order valence-electron chi connectivity index (χ1n) is 13.5. The van der Waals surface area contributed by atoms with Gasteiger partial charge >= 0.3 is 5.97 Å². The minimum atomic E-state index is -0.972. The Morgan fingerprint density at radius 1 is 1.02 bits per heavy atom. The molecule has 0 saturated carbocycles. The number of amides is 1. The molecule has 5 rings (SSSR count). The van der Waals surface area contributed by atoms with Crippen molar-refractivity contribution in [2.75, 3.05) is 11.9 Å². The zero-order valence-corrected chi connectivity index (χ0v) is 24.3. The van der Waals surface area contributed by atoms with Crippen LogP contribution in [-0.4, -0.2) is 43.1 Å². The zero-order valence-electron chi connectivity index (χ0n) is 23.5. The van der Waals surface area contributed by atoms with Gasteiger partial charge in [0.2, 0.25) is 5.91 Å². The number of pyridine rings is 1. The van der Waals surface area contributed by atoms with Crippen LogP contribution in [0.15, 0.2) is 72.9 Å². The van der Waals surface area contributed by atoms with Gasteiger partial charge in [-0.2, -0.15) is 0 Å². The number of nitrogens with zero attached hydrogens (tertiary/aromatic N) is 3. The van der Waals surface area contributed by atoms with E-state index < -0.39 is 5.97 Å². The summed E-state index contributed by atoms with van der Waals surface area (Å²) in [6, 6.07) is 20.4. The first kappa shape index (κ1) is 28.0. The van der Waals surface area contributed by atoms with Crippen LogP contribution in [0.3, 0.4) is 0 Å². The highest BCUT2D eigenvalue weighted by atomic mass is 32.1. The molecule has 210 valence electrons. The summed E-state index contributed by atoms with van der Waals surface area (Å²) in [7, 11) is 0. The number of rotatable bonds is 8. The highest BCUT2D eigenvalue weighted by Gasteiger charge is 2.41. The number of aromatic nitrogens is 2. The highest BCUT2D eigenvalue weighted by Crippen LogP contribution is 2.41. The molecule has 0 radical (unpaired) electrons. The van der Waals surface area contributed by atoms with E-state index in [4.69, 9.17) is 12.2 Å². The SMILES string of the molecule is Cc1ccc(C)c(NC(=O)CCN2C(=S)N[C@@H](c3ccccn3)[C@H]2c2cc(C)n(-c3cccc(C(=O)O)c3)c2C)c1. The second kappa shape index (κ2) is 11.5. The summed E-state index contributed by atoms with van der Waals surface area (Å²) >= 11 is 5.82. The van der Waals surface area contributed by atoms with E-state index in [0.717, 1.165) is 45.1 Å². The molecule has 2 aromatic heterocycles. The van der Waals surface area contributed by atoms with Crippen molar-refractivity contribution in [3.8, 4) is 5.69 Å². The molecule has 0 bridgehead atoms. The molecule has 3 N–H and O–H groups in total. The number of thiocarbonyl (C=S) groups is 1. The molecule has 0 unspecified atom stereocenters. The fraction of sp³-hybridized carbons (Fsp3) is 0.250. The Hall–Kier alpha value is -4.50. The van der Waals surface area contributed by atoms with Crippen molar-refractivity contribution >= 4 is 34.9 Å². The van der Waals surface area contributed by atoms with Gasteiger partial charge in [-0.15, -0.1) is 0 Å². The van der Waals surface area contributed by atoms with Gasteiger partial charge in [0.1, 0.15) is 0 Å². The Kier molecular flexibility index (Phi) is 7.90. The fourth-order valence-corrected chi connectivity index (χ4v) is 5.88. The Morgan fingerprint density at radius 2 is 1.83 bits per heavy atom. The van der Waals surface area contributed by atoms with Gasteiger partial charge in [0.05, 0.1) is 23.3 Å². The molecule has 1 amide bonds. The monoisotopic (exact) mass is 567 g/mol. The summed E-state index contributed by atoms with van der Waals surface area (Å²) in [6.45, 7) is 8.42. The Balaban J connectivity index is 1.48. The van der Waals surface area contributed by atoms with E-state index in [1.54, 1.807) is 24.4 Å². The minimum absolute atomic E-state index is 0.0857. The third-order valence-corrected chi connectivity index (χ3v) is 7.94. The number of carboxylic acids is 1. The second-order valence-electron chi connectivity index (χ2n) is 10.5. The number of aromatic carboxylic acids is 1. The van der Waals surface area contributed by atoms with E-state index >= 15 is 0 Å². The average Bonchev–Trinajstić information content (AvgIpc) is 3.44. The Bertz CT molecular complexity index is 1630. The van der Waals surface area contributed by atoms with Crippen LogP contribution in [0.2, 0.25) is 0 Å². The highest BCUT2D eigenvalue weighted by molar-refractivity contribution is 7.80. The molecule has 1 fully saturated rings. The normalized spacial score (nSPS) is 16.5. The van der Waals surface area contributed by atoms with Gasteiger partial charge in [-0.3, -0.25) is 9.78 Å². The number of carboxylic acid groups (broad SMARTS) is 1. The number of carbonyl (C=O) groups is 2. The van der Waals surface area contributed by atoms with E-state index in [-0.39, 0.29) is 30.0 Å². The molecule has 0 aliphatic carbocycles. The largest absolute Gasteiger partial charge is 0.478 e. The fourth-order valence-electron chi connectivity index (χ4n) is 5.55. The molecule has 2 atom stereocenters. The van der Waals surface area contributed by atoms with Crippen molar-refractivity contribution in [3.05, 3.63) is 112 Å². The first-order valence-corrected chi connectivity index (χ1v) is 13.9. The number of hydrogen-bond donors (Lipinski definition) is 3. The van der Waals surface area contributed by atoms with Crippen molar-refractivity contribution in [1.82, 2.24) is 19.8 Å². The average molecular weight is 568 g/mol. The zero-order chi connectivity index (χ0) is 29.3. The standard InChI is InChI=1S/C32H33N5O3S/c1-19-11-12-20(2)27(16-19)34-28(38)13-15-36-30(29(35-32(36)41)26-10-5-6-14-33-26)25-17-21(3)37(22(25)4)24-9-7-8-23(18-24)31(39)40/h5-12,14,16-18,29-30H,13,15H2,1-4H3,(H,34,38)(H,35,41)(H,39,40)/t29-,30+/m0/s1. The molecule has 9 heteroatoms. The maximum atomic E-state index is 13.1. The molecule has 0 spiro atoms. The van der Waals surface area contributed by atoms with Crippen LogP contribution in [0, 0.1) is 27.7 Å². The quantitative estimate of drug-likeness (QED) is 0.231. The van der Waals surface area contributed by atoms with Gasteiger partial charge < -0.3 is 25.2 Å². The van der Waals surface area contributed by atoms with E-state index in [2.05, 4.69) is 31.2 Å². The number of carbonyl (C=O) groups excluding carboxylic acids is 1. The lowest BCUT2D eigenvalue weighted by molar-refractivity contribution is -0.116. The predicted molar refractivity (Wildman–Crippen MR) is 164 cm³/mol. The van der Waals surface area contributed by atoms with Crippen LogP contribution in [0.5, 0.6) is 0 Å². The van der Waals surface area contributed by atoms with E-state index in [1.807, 2.05) is 70.2 Å². The number of anilines is 1. The van der Waals surface area contributed by atoms with Crippen LogP contribution in [0.25, 0.3) is 5.69 Å². The van der Waals surface area contributed by atoms with Crippen LogP contribution < -0.4 is 10.6 Å². The smallest absolute Gasteiger partial charge is 0.335 e. The van der Waals surface area contributed by atoms with Gasteiger partial charge in [0.25, 0.3) is 0 Å². The van der Waals surface area contributed by atoms with Crippen LogP contribution in [0.1, 0.15) is 62.6 Å². The lowest BCUT2D eigenvalue weighted by Crippen LogP contribution is -2.33. The molecular weight excluding hydrogens is 534 g/mol. The number of hydrogen-bond acceptors (Lipinski definition) is 4. The molecule has 8 nitrogen and oxygen atoms in total. The van der Waals surface area contributed by atoms with Crippen LogP contribution >= 0.6 is 12.2 Å². The van der Waals surface area contributed by atoms with E-state index in [9.17, 15) is 14.7 Å². The summed E-state index contributed by atoms with van der Waals surface area (Å²) in [5, 5.41) is 16.6. The molecule has 41 heavy (non-hydrogen) atoms. The predicted octanol–water partition coefficient (Wildman–Crippen LogP) is 5.81. The molecule has 2 aromatic carbocycles. The summed E-state index contributed by atoms with van der Waals surface area (Å²) in [6.07, 6.45) is 2.01. The Morgan fingerprint density at radius 3 is 2.56 bits per heavy atom. The van der Waals surface area contributed by atoms with Crippen molar-refractivity contribution < 1.29 is 14.7 Å². The third-order valence-electron chi connectivity index (χ3n) is 7.58. The van der Waals surface area contributed by atoms with Crippen molar-refractivity contribution in [2.45, 2.75) is 46.2 Å².